The van der Waals surface area contributed by atoms with Gasteiger partial charge >= 0.3 is 0 Å². The van der Waals surface area contributed by atoms with Crippen molar-refractivity contribution in [1.82, 2.24) is 14.8 Å². The fourth-order valence-corrected chi connectivity index (χ4v) is 2.08. The standard InChI is InChI=1S/C16H13FN4O/c17-13-6-2-1-5-12(13)11-15(22)20-14-7-3-8-18-16(14)21-10-4-9-19-21/h1-10H,11H2,(H,20,22). The van der Waals surface area contributed by atoms with Gasteiger partial charge in [-0.05, 0) is 29.8 Å². The van der Waals surface area contributed by atoms with Crippen LogP contribution in [0.1, 0.15) is 5.56 Å². The highest BCUT2D eigenvalue weighted by molar-refractivity contribution is 5.93. The average molecular weight is 296 g/mol. The number of carbonyl (C=O) groups excluding carboxylic acids is 1. The van der Waals surface area contributed by atoms with Crippen LogP contribution in [0.25, 0.3) is 5.82 Å². The number of rotatable bonds is 4. The number of nitrogens with zero attached hydrogens (tertiary/aromatic N) is 3. The van der Waals surface area contributed by atoms with Gasteiger partial charge in [-0.1, -0.05) is 18.2 Å². The topological polar surface area (TPSA) is 59.8 Å². The Morgan fingerprint density at radius 1 is 1.14 bits per heavy atom. The number of amides is 1. The van der Waals surface area contributed by atoms with Gasteiger partial charge in [-0.3, -0.25) is 4.79 Å². The maximum Gasteiger partial charge on any atom is 0.229 e. The molecule has 0 aliphatic carbocycles. The van der Waals surface area contributed by atoms with E-state index in [1.807, 2.05) is 0 Å². The van der Waals surface area contributed by atoms with Gasteiger partial charge in [-0.25, -0.2) is 14.1 Å². The van der Waals surface area contributed by atoms with Crippen molar-refractivity contribution in [2.24, 2.45) is 0 Å². The highest BCUT2D eigenvalue weighted by Gasteiger charge is 2.11. The zero-order valence-electron chi connectivity index (χ0n) is 11.6. The molecule has 0 aliphatic rings. The molecule has 0 fully saturated rings. The van der Waals surface area contributed by atoms with Gasteiger partial charge in [-0.2, -0.15) is 5.10 Å². The Balaban J connectivity index is 1.79. The number of hydrogen-bond acceptors (Lipinski definition) is 3. The van der Waals surface area contributed by atoms with Gasteiger partial charge in [0.25, 0.3) is 0 Å². The van der Waals surface area contributed by atoms with Gasteiger partial charge in [0.2, 0.25) is 5.91 Å². The van der Waals surface area contributed by atoms with Crippen molar-refractivity contribution in [3.8, 4) is 5.82 Å². The van der Waals surface area contributed by atoms with Gasteiger partial charge in [0.05, 0.1) is 12.1 Å². The lowest BCUT2D eigenvalue weighted by Crippen LogP contribution is -2.17. The largest absolute Gasteiger partial charge is 0.323 e. The lowest BCUT2D eigenvalue weighted by molar-refractivity contribution is -0.115. The first-order valence-electron chi connectivity index (χ1n) is 6.72. The number of nitrogens with one attached hydrogen (secondary N) is 1. The molecule has 22 heavy (non-hydrogen) atoms. The number of anilines is 1. The molecule has 3 rings (SSSR count). The van der Waals surface area contributed by atoms with E-state index in [4.69, 9.17) is 0 Å². The van der Waals surface area contributed by atoms with E-state index in [1.54, 1.807) is 59.7 Å². The van der Waals surface area contributed by atoms with Crippen molar-refractivity contribution in [1.29, 1.82) is 0 Å². The summed E-state index contributed by atoms with van der Waals surface area (Å²) < 4.78 is 15.1. The lowest BCUT2D eigenvalue weighted by atomic mass is 10.1. The van der Waals surface area contributed by atoms with Crippen LogP contribution >= 0.6 is 0 Å². The number of halogens is 1. The van der Waals surface area contributed by atoms with Gasteiger partial charge < -0.3 is 5.32 Å². The molecule has 0 atom stereocenters. The fourth-order valence-electron chi connectivity index (χ4n) is 2.08. The first-order chi connectivity index (χ1) is 10.7. The Labute approximate surface area is 126 Å². The monoisotopic (exact) mass is 296 g/mol. The molecule has 6 heteroatoms. The summed E-state index contributed by atoms with van der Waals surface area (Å²) >= 11 is 0. The molecule has 0 bridgehead atoms. The first-order valence-corrected chi connectivity index (χ1v) is 6.72. The maximum atomic E-state index is 13.6. The summed E-state index contributed by atoms with van der Waals surface area (Å²) in [5.41, 5.74) is 0.872. The average Bonchev–Trinajstić information content (AvgIpc) is 3.04. The smallest absolute Gasteiger partial charge is 0.229 e. The minimum atomic E-state index is -0.392. The normalized spacial score (nSPS) is 10.4. The lowest BCUT2D eigenvalue weighted by Gasteiger charge is -2.10. The number of carbonyl (C=O) groups is 1. The second-order valence-electron chi connectivity index (χ2n) is 4.64. The number of hydrogen-bond donors (Lipinski definition) is 1. The summed E-state index contributed by atoms with van der Waals surface area (Å²) in [5.74, 6) is -0.197. The predicted octanol–water partition coefficient (Wildman–Crippen LogP) is 2.59. The molecule has 0 aliphatic heterocycles. The van der Waals surface area contributed by atoms with Gasteiger partial charge in [0.15, 0.2) is 5.82 Å². The first kappa shape index (κ1) is 13.9. The molecule has 0 saturated carbocycles. The third-order valence-electron chi connectivity index (χ3n) is 3.09. The predicted molar refractivity (Wildman–Crippen MR) is 80.1 cm³/mol. The van der Waals surface area contributed by atoms with Crippen LogP contribution in [0.4, 0.5) is 10.1 Å². The SMILES string of the molecule is O=C(Cc1ccccc1F)Nc1cccnc1-n1cccn1. The van der Waals surface area contributed by atoms with E-state index in [9.17, 15) is 9.18 Å². The molecule has 2 aromatic heterocycles. The van der Waals surface area contributed by atoms with Crippen molar-refractivity contribution >= 4 is 11.6 Å². The van der Waals surface area contributed by atoms with E-state index >= 15 is 0 Å². The van der Waals surface area contributed by atoms with E-state index < -0.39 is 5.82 Å². The van der Waals surface area contributed by atoms with Crippen LogP contribution in [-0.4, -0.2) is 20.7 Å². The molecule has 1 aromatic carbocycles. The van der Waals surface area contributed by atoms with Crippen LogP contribution in [0.3, 0.4) is 0 Å². The van der Waals surface area contributed by atoms with Gasteiger partial charge in [-0.15, -0.1) is 0 Å². The summed E-state index contributed by atoms with van der Waals surface area (Å²) in [5, 5.41) is 6.84. The Kier molecular flexibility index (Phi) is 3.91. The van der Waals surface area contributed by atoms with Crippen molar-refractivity contribution in [3.63, 3.8) is 0 Å². The van der Waals surface area contributed by atoms with Gasteiger partial charge in [0, 0.05) is 18.6 Å². The van der Waals surface area contributed by atoms with Crippen LogP contribution in [0, 0.1) is 5.82 Å². The third kappa shape index (κ3) is 3.01. The zero-order chi connectivity index (χ0) is 15.4. The van der Waals surface area contributed by atoms with Crippen LogP contribution in [-0.2, 0) is 11.2 Å². The van der Waals surface area contributed by atoms with Crippen molar-refractivity contribution in [2.75, 3.05) is 5.32 Å². The van der Waals surface area contributed by atoms with Crippen LogP contribution in [0.5, 0.6) is 0 Å². The molecule has 110 valence electrons. The number of pyridine rings is 1. The Hall–Kier alpha value is -3.02. The third-order valence-corrected chi connectivity index (χ3v) is 3.09. The Morgan fingerprint density at radius 3 is 2.77 bits per heavy atom. The van der Waals surface area contributed by atoms with Crippen molar-refractivity contribution < 1.29 is 9.18 Å². The molecule has 2 heterocycles. The van der Waals surface area contributed by atoms with Crippen LogP contribution < -0.4 is 5.32 Å². The molecule has 0 radical (unpaired) electrons. The van der Waals surface area contributed by atoms with E-state index in [0.717, 1.165) is 0 Å². The fraction of sp³-hybridized carbons (Fsp3) is 0.0625. The van der Waals surface area contributed by atoms with E-state index in [0.29, 0.717) is 17.1 Å². The zero-order valence-corrected chi connectivity index (χ0v) is 11.6. The van der Waals surface area contributed by atoms with Crippen LogP contribution in [0.15, 0.2) is 61.1 Å². The molecule has 0 unspecified atom stereocenters. The van der Waals surface area contributed by atoms with Crippen molar-refractivity contribution in [2.45, 2.75) is 6.42 Å². The molecular weight excluding hydrogens is 283 g/mol. The highest BCUT2D eigenvalue weighted by Crippen LogP contribution is 2.17. The minimum absolute atomic E-state index is 0.0416. The molecular formula is C16H13FN4O. The molecule has 1 amide bonds. The van der Waals surface area contributed by atoms with Crippen LogP contribution in [0.2, 0.25) is 0 Å². The summed E-state index contributed by atoms with van der Waals surface area (Å²) in [6.45, 7) is 0. The molecule has 0 saturated heterocycles. The van der Waals surface area contributed by atoms with E-state index in [1.165, 1.54) is 6.07 Å². The maximum absolute atomic E-state index is 13.6. The number of benzene rings is 1. The molecule has 1 N–H and O–H groups in total. The second kappa shape index (κ2) is 6.17. The highest BCUT2D eigenvalue weighted by atomic mass is 19.1. The summed E-state index contributed by atoms with van der Waals surface area (Å²) in [4.78, 5) is 16.3. The molecule has 5 nitrogen and oxygen atoms in total. The summed E-state index contributed by atoms with van der Waals surface area (Å²) in [6.07, 6.45) is 4.93. The summed E-state index contributed by atoms with van der Waals surface area (Å²) in [7, 11) is 0. The van der Waals surface area contributed by atoms with E-state index in [2.05, 4.69) is 15.4 Å². The van der Waals surface area contributed by atoms with Crippen molar-refractivity contribution in [3.05, 3.63) is 72.4 Å². The van der Waals surface area contributed by atoms with E-state index in [-0.39, 0.29) is 12.3 Å². The Morgan fingerprint density at radius 2 is 2.00 bits per heavy atom. The second-order valence-corrected chi connectivity index (χ2v) is 4.64. The minimum Gasteiger partial charge on any atom is -0.323 e. The summed E-state index contributed by atoms with van der Waals surface area (Å²) in [6, 6.07) is 11.4. The molecule has 0 spiro atoms. The number of aromatic nitrogens is 3. The Bertz CT molecular complexity index is 786. The molecule has 3 aromatic rings. The quantitative estimate of drug-likeness (QED) is 0.805. The van der Waals surface area contributed by atoms with Gasteiger partial charge in [0.1, 0.15) is 5.82 Å².